The minimum absolute atomic E-state index is 0.0227. The molecule has 1 aliphatic heterocycles. The van der Waals surface area contributed by atoms with Crippen LogP contribution in [0.4, 0.5) is 10.1 Å². The molecule has 0 radical (unpaired) electrons. The van der Waals surface area contributed by atoms with Gasteiger partial charge in [0.25, 0.3) is 0 Å². The highest BCUT2D eigenvalue weighted by atomic mass is 19.1. The fourth-order valence-corrected chi connectivity index (χ4v) is 3.16. The summed E-state index contributed by atoms with van der Waals surface area (Å²) in [5.41, 5.74) is 3.11. The van der Waals surface area contributed by atoms with E-state index in [1.165, 1.54) is 6.07 Å². The number of anilines is 1. The predicted molar refractivity (Wildman–Crippen MR) is 93.4 cm³/mol. The van der Waals surface area contributed by atoms with Crippen LogP contribution in [0.25, 0.3) is 11.3 Å². The van der Waals surface area contributed by atoms with Gasteiger partial charge in [-0.1, -0.05) is 6.07 Å². The summed E-state index contributed by atoms with van der Waals surface area (Å²) in [7, 11) is 0. The molecule has 2 aromatic rings. The first-order chi connectivity index (χ1) is 11.5. The van der Waals surface area contributed by atoms with Gasteiger partial charge in [-0.25, -0.2) is 4.39 Å². The highest BCUT2D eigenvalue weighted by Crippen LogP contribution is 2.27. The molecule has 0 aliphatic carbocycles. The number of hydrogen-bond donors (Lipinski definition) is 1. The van der Waals surface area contributed by atoms with E-state index in [0.29, 0.717) is 11.3 Å². The number of aromatic nitrogens is 1. The number of nitrogens with zero attached hydrogens (tertiary/aromatic N) is 2. The summed E-state index contributed by atoms with van der Waals surface area (Å²) in [6.07, 6.45) is 3.55. The quantitative estimate of drug-likeness (QED) is 0.941. The fraction of sp³-hybridized carbons (Fsp3) is 0.368. The zero-order chi connectivity index (χ0) is 17.1. The second-order valence-corrected chi connectivity index (χ2v) is 6.34. The minimum atomic E-state index is -0.246. The summed E-state index contributed by atoms with van der Waals surface area (Å²) < 4.78 is 14.2. The van der Waals surface area contributed by atoms with E-state index in [-0.39, 0.29) is 17.8 Å². The van der Waals surface area contributed by atoms with Gasteiger partial charge in [-0.2, -0.15) is 0 Å². The van der Waals surface area contributed by atoms with Crippen molar-refractivity contribution in [3.05, 3.63) is 47.9 Å². The van der Waals surface area contributed by atoms with Gasteiger partial charge in [0.1, 0.15) is 5.82 Å². The molecular formula is C19H22FN3O. The monoisotopic (exact) mass is 327 g/mol. The van der Waals surface area contributed by atoms with Crippen LogP contribution in [0, 0.1) is 12.7 Å². The lowest BCUT2D eigenvalue weighted by atomic mass is 10.0. The van der Waals surface area contributed by atoms with E-state index in [9.17, 15) is 9.18 Å². The van der Waals surface area contributed by atoms with E-state index in [0.717, 1.165) is 37.2 Å². The van der Waals surface area contributed by atoms with Crippen LogP contribution in [-0.4, -0.2) is 30.0 Å². The van der Waals surface area contributed by atoms with Gasteiger partial charge < -0.3 is 10.2 Å². The Hall–Kier alpha value is -2.43. The molecule has 1 aromatic heterocycles. The number of hydrogen-bond acceptors (Lipinski definition) is 3. The van der Waals surface area contributed by atoms with E-state index in [1.54, 1.807) is 19.2 Å². The highest BCUT2D eigenvalue weighted by molar-refractivity contribution is 5.73. The SMILES string of the molecule is CC(=O)NC1CCN(c2ccnc(-c3ccc(C)cc3F)c2)CC1. The summed E-state index contributed by atoms with van der Waals surface area (Å²) in [5.74, 6) is -0.224. The molecule has 0 bridgehead atoms. The molecule has 1 saturated heterocycles. The van der Waals surface area contributed by atoms with E-state index < -0.39 is 0 Å². The van der Waals surface area contributed by atoms with E-state index in [1.807, 2.05) is 25.1 Å². The average Bonchev–Trinajstić information content (AvgIpc) is 2.55. The van der Waals surface area contributed by atoms with Crippen LogP contribution >= 0.6 is 0 Å². The van der Waals surface area contributed by atoms with Gasteiger partial charge in [0.2, 0.25) is 5.91 Å². The molecule has 0 unspecified atom stereocenters. The Bertz CT molecular complexity index is 739. The van der Waals surface area contributed by atoms with Crippen molar-refractivity contribution in [3.63, 3.8) is 0 Å². The van der Waals surface area contributed by atoms with Crippen LogP contribution in [-0.2, 0) is 4.79 Å². The molecule has 0 spiro atoms. The summed E-state index contributed by atoms with van der Waals surface area (Å²) >= 11 is 0. The molecular weight excluding hydrogens is 305 g/mol. The lowest BCUT2D eigenvalue weighted by Crippen LogP contribution is -2.44. The Labute approximate surface area is 141 Å². The Kier molecular flexibility index (Phi) is 4.79. The van der Waals surface area contributed by atoms with Crippen LogP contribution in [0.2, 0.25) is 0 Å². The lowest BCUT2D eigenvalue weighted by Gasteiger charge is -2.33. The van der Waals surface area contributed by atoms with Gasteiger partial charge in [-0.3, -0.25) is 9.78 Å². The number of halogens is 1. The van der Waals surface area contributed by atoms with E-state index >= 15 is 0 Å². The number of rotatable bonds is 3. The van der Waals surface area contributed by atoms with Crippen molar-refractivity contribution in [2.24, 2.45) is 0 Å². The fourth-order valence-electron chi connectivity index (χ4n) is 3.16. The number of amides is 1. The van der Waals surface area contributed by atoms with Gasteiger partial charge in [0.15, 0.2) is 0 Å². The normalized spacial score (nSPS) is 15.4. The largest absolute Gasteiger partial charge is 0.371 e. The Morgan fingerprint density at radius 2 is 2.00 bits per heavy atom. The molecule has 4 nitrogen and oxygen atoms in total. The second kappa shape index (κ2) is 6.99. The molecule has 1 amide bonds. The highest BCUT2D eigenvalue weighted by Gasteiger charge is 2.20. The molecule has 1 aliphatic rings. The summed E-state index contributed by atoms with van der Waals surface area (Å²) in [4.78, 5) is 17.7. The van der Waals surface area contributed by atoms with Crippen LogP contribution in [0.5, 0.6) is 0 Å². The zero-order valence-electron chi connectivity index (χ0n) is 14.1. The Morgan fingerprint density at radius 1 is 1.25 bits per heavy atom. The van der Waals surface area contributed by atoms with Crippen molar-refractivity contribution in [3.8, 4) is 11.3 Å². The van der Waals surface area contributed by atoms with Crippen molar-refractivity contribution >= 4 is 11.6 Å². The number of carbonyl (C=O) groups is 1. The molecule has 24 heavy (non-hydrogen) atoms. The average molecular weight is 327 g/mol. The topological polar surface area (TPSA) is 45.2 Å². The molecule has 126 valence electrons. The number of benzene rings is 1. The first-order valence-electron chi connectivity index (χ1n) is 8.27. The smallest absolute Gasteiger partial charge is 0.217 e. The number of carbonyl (C=O) groups excluding carboxylic acids is 1. The summed E-state index contributed by atoms with van der Waals surface area (Å²) in [6.45, 7) is 5.16. The van der Waals surface area contributed by atoms with Crippen molar-refractivity contribution in [2.75, 3.05) is 18.0 Å². The second-order valence-electron chi connectivity index (χ2n) is 6.34. The van der Waals surface area contributed by atoms with Gasteiger partial charge >= 0.3 is 0 Å². The van der Waals surface area contributed by atoms with E-state index in [2.05, 4.69) is 15.2 Å². The third-order valence-corrected chi connectivity index (χ3v) is 4.41. The van der Waals surface area contributed by atoms with E-state index in [4.69, 9.17) is 0 Å². The predicted octanol–water partition coefficient (Wildman–Crippen LogP) is 3.30. The Morgan fingerprint density at radius 3 is 2.67 bits per heavy atom. The molecule has 3 rings (SSSR count). The summed E-state index contributed by atoms with van der Waals surface area (Å²) in [5, 5.41) is 2.98. The molecule has 0 atom stereocenters. The number of aryl methyl sites for hydroxylation is 1. The van der Waals surface area contributed by atoms with Crippen LogP contribution in [0.3, 0.4) is 0 Å². The van der Waals surface area contributed by atoms with Crippen molar-refractivity contribution in [1.82, 2.24) is 10.3 Å². The maximum absolute atomic E-state index is 14.2. The number of pyridine rings is 1. The van der Waals surface area contributed by atoms with Crippen molar-refractivity contribution < 1.29 is 9.18 Å². The molecule has 2 heterocycles. The Balaban J connectivity index is 1.75. The van der Waals surface area contributed by atoms with Gasteiger partial charge in [-0.05, 0) is 49.6 Å². The van der Waals surface area contributed by atoms with Crippen molar-refractivity contribution in [1.29, 1.82) is 0 Å². The van der Waals surface area contributed by atoms with Gasteiger partial charge in [-0.15, -0.1) is 0 Å². The first-order valence-corrected chi connectivity index (χ1v) is 8.27. The molecule has 1 N–H and O–H groups in total. The zero-order valence-corrected chi connectivity index (χ0v) is 14.1. The van der Waals surface area contributed by atoms with Gasteiger partial charge in [0.05, 0.1) is 5.69 Å². The maximum Gasteiger partial charge on any atom is 0.217 e. The minimum Gasteiger partial charge on any atom is -0.371 e. The standard InChI is InChI=1S/C19H22FN3O/c1-13-3-4-17(18(20)11-13)19-12-16(5-8-21-19)23-9-6-15(7-10-23)22-14(2)24/h3-5,8,11-12,15H,6-7,9-10H2,1-2H3,(H,22,24). The molecule has 5 heteroatoms. The maximum atomic E-state index is 14.2. The molecule has 1 fully saturated rings. The molecule has 0 saturated carbocycles. The van der Waals surface area contributed by atoms with Crippen LogP contribution < -0.4 is 10.2 Å². The van der Waals surface area contributed by atoms with Crippen LogP contribution in [0.15, 0.2) is 36.5 Å². The summed E-state index contributed by atoms with van der Waals surface area (Å²) in [6, 6.07) is 9.34. The van der Waals surface area contributed by atoms with Crippen LogP contribution in [0.1, 0.15) is 25.3 Å². The van der Waals surface area contributed by atoms with Crippen molar-refractivity contribution in [2.45, 2.75) is 32.7 Å². The van der Waals surface area contributed by atoms with Gasteiger partial charge in [0, 0.05) is 43.5 Å². The lowest BCUT2D eigenvalue weighted by molar-refractivity contribution is -0.119. The number of piperidine rings is 1. The number of nitrogens with one attached hydrogen (secondary N) is 1. The molecule has 1 aromatic carbocycles. The first kappa shape index (κ1) is 16.4. The third kappa shape index (κ3) is 3.72. The third-order valence-electron chi connectivity index (χ3n) is 4.41.